The van der Waals surface area contributed by atoms with Crippen LogP contribution in [0.3, 0.4) is 0 Å². The maximum absolute atomic E-state index is 12.9. The van der Waals surface area contributed by atoms with Gasteiger partial charge in [-0.25, -0.2) is 9.67 Å². The number of piperidine rings is 1. The molecule has 1 N–H and O–H groups in total. The zero-order chi connectivity index (χ0) is 25.6. The largest absolute Gasteiger partial charge is 0.389 e. The van der Waals surface area contributed by atoms with E-state index in [9.17, 15) is 23.1 Å². The Kier molecular flexibility index (Phi) is 6.34. The number of nitrogens with zero attached hydrogens (tertiary/aromatic N) is 5. The number of aliphatic imine (C=N–C) groups is 1. The highest BCUT2D eigenvalue weighted by atomic mass is 19.4. The smallest absolute Gasteiger partial charge is 0.387 e. The topological polar surface area (TPSA) is 74.0 Å². The van der Waals surface area contributed by atoms with Gasteiger partial charge < -0.3 is 14.9 Å². The van der Waals surface area contributed by atoms with E-state index in [1.165, 1.54) is 6.92 Å². The molecule has 3 heterocycles. The molecule has 2 aliphatic heterocycles. The van der Waals surface area contributed by atoms with Gasteiger partial charge in [0.25, 0.3) is 0 Å². The highest BCUT2D eigenvalue weighted by Crippen LogP contribution is 2.51. The third-order valence-corrected chi connectivity index (χ3v) is 8.11. The minimum Gasteiger partial charge on any atom is -0.387 e. The Balaban J connectivity index is 1.31. The van der Waals surface area contributed by atoms with Crippen molar-refractivity contribution in [3.8, 4) is 5.69 Å². The Morgan fingerprint density at radius 3 is 2.58 bits per heavy atom. The zero-order valence-corrected chi connectivity index (χ0v) is 20.4. The van der Waals surface area contributed by atoms with Crippen molar-refractivity contribution in [3.05, 3.63) is 42.1 Å². The fourth-order valence-corrected chi connectivity index (χ4v) is 6.24. The van der Waals surface area contributed by atoms with E-state index in [0.29, 0.717) is 26.1 Å². The normalized spacial score (nSPS) is 24.2. The lowest BCUT2D eigenvalue weighted by Crippen LogP contribution is -2.64. The first kappa shape index (κ1) is 24.8. The van der Waals surface area contributed by atoms with Crippen LogP contribution in [-0.4, -0.2) is 68.3 Å². The van der Waals surface area contributed by atoms with Crippen molar-refractivity contribution in [2.45, 2.75) is 63.8 Å². The van der Waals surface area contributed by atoms with Gasteiger partial charge in [-0.1, -0.05) is 38.0 Å². The van der Waals surface area contributed by atoms with Gasteiger partial charge in [0, 0.05) is 43.1 Å². The molecule has 5 rings (SSSR count). The maximum Gasteiger partial charge on any atom is 0.389 e. The summed E-state index contributed by atoms with van der Waals surface area (Å²) in [4.78, 5) is 21.1. The summed E-state index contributed by atoms with van der Waals surface area (Å²) >= 11 is 0. The van der Waals surface area contributed by atoms with Crippen molar-refractivity contribution in [2.75, 3.05) is 19.6 Å². The summed E-state index contributed by atoms with van der Waals surface area (Å²) < 4.78 is 40.4. The second-order valence-corrected chi connectivity index (χ2v) is 10.6. The Morgan fingerprint density at radius 1 is 1.17 bits per heavy atom. The van der Waals surface area contributed by atoms with Crippen LogP contribution in [0.25, 0.3) is 5.69 Å². The first-order chi connectivity index (χ1) is 17.1. The predicted molar refractivity (Wildman–Crippen MR) is 129 cm³/mol. The molecule has 2 atom stereocenters. The van der Waals surface area contributed by atoms with Crippen molar-refractivity contribution in [1.29, 1.82) is 0 Å². The molecule has 1 amide bonds. The van der Waals surface area contributed by atoms with Crippen LogP contribution in [0.2, 0.25) is 0 Å². The van der Waals surface area contributed by atoms with Crippen molar-refractivity contribution >= 4 is 18.1 Å². The lowest BCUT2D eigenvalue weighted by Gasteiger charge is -2.54. The van der Waals surface area contributed by atoms with Crippen LogP contribution in [0.5, 0.6) is 0 Å². The van der Waals surface area contributed by atoms with Crippen LogP contribution in [0.1, 0.15) is 51.0 Å². The lowest BCUT2D eigenvalue weighted by molar-refractivity contribution is -0.172. The molecule has 2 aromatic rings. The number of likely N-dealkylation sites (tertiary alicyclic amines) is 1. The molecule has 1 spiro atoms. The number of carbonyl (C=O) groups is 1. The Labute approximate surface area is 208 Å². The molecule has 3 aliphatic rings. The molecule has 1 saturated carbocycles. The third-order valence-electron chi connectivity index (χ3n) is 8.11. The second kappa shape index (κ2) is 9.21. The Bertz CT molecular complexity index is 1130. The van der Waals surface area contributed by atoms with Gasteiger partial charge in [0.1, 0.15) is 0 Å². The van der Waals surface area contributed by atoms with Gasteiger partial charge in [-0.3, -0.25) is 4.79 Å². The minimum atomic E-state index is -4.38. The minimum absolute atomic E-state index is 0.251. The molecule has 1 aliphatic carbocycles. The molecule has 1 aromatic carbocycles. The van der Waals surface area contributed by atoms with E-state index in [-0.39, 0.29) is 6.54 Å². The fourth-order valence-electron chi connectivity index (χ4n) is 6.24. The van der Waals surface area contributed by atoms with Crippen LogP contribution in [0, 0.1) is 11.3 Å². The van der Waals surface area contributed by atoms with Crippen molar-refractivity contribution in [3.63, 3.8) is 0 Å². The number of hydrogen-bond acceptors (Lipinski definition) is 5. The summed E-state index contributed by atoms with van der Waals surface area (Å²) in [6, 6.07) is 9.76. The summed E-state index contributed by atoms with van der Waals surface area (Å²) in [6.45, 7) is 2.80. The van der Waals surface area contributed by atoms with E-state index >= 15 is 0 Å². The van der Waals surface area contributed by atoms with Crippen LogP contribution >= 0.6 is 0 Å². The van der Waals surface area contributed by atoms with Crippen LogP contribution in [-0.2, 0) is 11.3 Å². The number of fused-ring (bicyclic) bond motifs is 1. The molecule has 2 fully saturated rings. The van der Waals surface area contributed by atoms with Crippen LogP contribution < -0.4 is 0 Å². The second-order valence-electron chi connectivity index (χ2n) is 10.6. The number of benzene rings is 1. The molecular weight excluding hydrogens is 471 g/mol. The average molecular weight is 504 g/mol. The van der Waals surface area contributed by atoms with Gasteiger partial charge in [0.15, 0.2) is 5.82 Å². The van der Waals surface area contributed by atoms with Gasteiger partial charge in [0.05, 0.1) is 30.2 Å². The van der Waals surface area contributed by atoms with Gasteiger partial charge in [0.2, 0.25) is 5.91 Å². The van der Waals surface area contributed by atoms with E-state index < -0.39 is 35.4 Å². The number of aliphatic hydroxyl groups is 1. The van der Waals surface area contributed by atoms with E-state index in [1.54, 1.807) is 22.1 Å². The van der Waals surface area contributed by atoms with Gasteiger partial charge >= 0.3 is 6.18 Å². The first-order valence-electron chi connectivity index (χ1n) is 12.6. The first-order valence-corrected chi connectivity index (χ1v) is 12.6. The fraction of sp³-hybridized carbons (Fsp3) is 0.577. The number of amides is 1. The van der Waals surface area contributed by atoms with Crippen LogP contribution in [0.15, 0.2) is 41.5 Å². The molecule has 7 nitrogen and oxygen atoms in total. The predicted octanol–water partition coefficient (Wildman–Crippen LogP) is 4.46. The Hall–Kier alpha value is -2.88. The third kappa shape index (κ3) is 4.63. The number of para-hydroxylation sites is 1. The molecule has 1 unspecified atom stereocenters. The number of rotatable bonds is 5. The lowest BCUT2D eigenvalue weighted by atomic mass is 9.65. The maximum atomic E-state index is 12.9. The van der Waals surface area contributed by atoms with E-state index in [2.05, 4.69) is 10.1 Å². The Morgan fingerprint density at radius 2 is 1.89 bits per heavy atom. The van der Waals surface area contributed by atoms with Gasteiger partial charge in [-0.05, 0) is 31.4 Å². The number of aromatic nitrogens is 2. The number of halogens is 3. The molecule has 1 aromatic heterocycles. The molecule has 1 saturated heterocycles. The van der Waals surface area contributed by atoms with Gasteiger partial charge in [-0.15, -0.1) is 0 Å². The molecule has 0 bridgehead atoms. The number of carbonyl (C=O) groups excluding carboxylic acids is 1. The number of β-amino-alcohol motifs (C(OH)–C–C–N with tert-alkyl or cyclic N) is 1. The molecule has 194 valence electrons. The molecule has 10 heteroatoms. The highest BCUT2D eigenvalue weighted by Gasteiger charge is 2.56. The number of hydrogen-bond donors (Lipinski definition) is 1. The summed E-state index contributed by atoms with van der Waals surface area (Å²) in [5.74, 6) is -0.833. The van der Waals surface area contributed by atoms with E-state index in [0.717, 1.165) is 42.8 Å². The number of alkyl halides is 3. The molecule has 0 radical (unpaired) electrons. The van der Waals surface area contributed by atoms with Crippen molar-refractivity contribution < 1.29 is 23.1 Å². The SMILES string of the molecule is C[C@H](CC(F)(F)F)C(=O)N1CCC(O)(CN2C=Nc3c(cnn3-c3ccccc3)C2)C2(CCCC2)C1. The van der Waals surface area contributed by atoms with Gasteiger partial charge in [-0.2, -0.15) is 18.3 Å². The van der Waals surface area contributed by atoms with E-state index in [4.69, 9.17) is 0 Å². The van der Waals surface area contributed by atoms with Crippen molar-refractivity contribution in [1.82, 2.24) is 19.6 Å². The summed E-state index contributed by atoms with van der Waals surface area (Å²) in [7, 11) is 0. The molecule has 36 heavy (non-hydrogen) atoms. The molecular formula is C26H32F3N5O2. The van der Waals surface area contributed by atoms with E-state index in [1.807, 2.05) is 35.2 Å². The zero-order valence-electron chi connectivity index (χ0n) is 20.4. The summed E-state index contributed by atoms with van der Waals surface area (Å²) in [5, 5.41) is 16.5. The summed E-state index contributed by atoms with van der Waals surface area (Å²) in [5.41, 5.74) is 0.289. The monoisotopic (exact) mass is 503 g/mol. The van der Waals surface area contributed by atoms with Crippen molar-refractivity contribution in [2.24, 2.45) is 16.3 Å². The highest BCUT2D eigenvalue weighted by molar-refractivity contribution is 5.78. The van der Waals surface area contributed by atoms with Crippen LogP contribution in [0.4, 0.5) is 19.0 Å². The quantitative estimate of drug-likeness (QED) is 0.654. The average Bonchev–Trinajstić information content (AvgIpc) is 3.48. The standard InChI is InChI=1S/C26H32F3N5O2/c1-19(13-26(27,28)29)23(35)33-12-11-25(36,24(16-33)9-5-6-10-24)17-32-15-20-14-31-34(22(20)30-18-32)21-7-3-2-4-8-21/h2-4,7-8,14,18-19,36H,5-6,9-13,15-17H2,1H3/t19-,25?/m1/s1. The summed E-state index contributed by atoms with van der Waals surface area (Å²) in [6.07, 6.45) is 1.75.